The van der Waals surface area contributed by atoms with Crippen LogP contribution in [0.4, 0.5) is 4.79 Å². The minimum atomic E-state index is -0.806. The molecule has 1 N–H and O–H groups in total. The summed E-state index contributed by atoms with van der Waals surface area (Å²) in [5.41, 5.74) is 0.865. The van der Waals surface area contributed by atoms with Crippen molar-refractivity contribution in [3.05, 3.63) is 35.9 Å². The Balaban J connectivity index is 2.30. The van der Waals surface area contributed by atoms with Gasteiger partial charge in [-0.2, -0.15) is 0 Å². The Morgan fingerprint density at radius 2 is 2.00 bits per heavy atom. The van der Waals surface area contributed by atoms with Crippen LogP contribution in [0.1, 0.15) is 12.5 Å². The van der Waals surface area contributed by atoms with Crippen molar-refractivity contribution in [1.82, 2.24) is 5.32 Å². The number of hydrogen-bond donors (Lipinski definition) is 1. The summed E-state index contributed by atoms with van der Waals surface area (Å²) < 4.78 is 9.90. The second-order valence-corrected chi connectivity index (χ2v) is 4.16. The Hall–Kier alpha value is -1.75. The highest BCUT2D eigenvalue weighted by Gasteiger charge is 2.15. The van der Waals surface area contributed by atoms with Gasteiger partial charge in [0.15, 0.2) is 0 Å². The summed E-state index contributed by atoms with van der Waals surface area (Å²) >= 11 is 5.63. The van der Waals surface area contributed by atoms with Crippen molar-refractivity contribution < 1.29 is 19.1 Å². The van der Waals surface area contributed by atoms with Gasteiger partial charge in [0.1, 0.15) is 12.7 Å². The van der Waals surface area contributed by atoms with Gasteiger partial charge in [0, 0.05) is 6.92 Å². The average Bonchev–Trinajstić information content (AvgIpc) is 2.42. The van der Waals surface area contributed by atoms with Gasteiger partial charge in [0.2, 0.25) is 5.91 Å². The zero-order valence-corrected chi connectivity index (χ0v) is 11.4. The van der Waals surface area contributed by atoms with Gasteiger partial charge in [0.05, 0.1) is 12.4 Å². The van der Waals surface area contributed by atoms with Crippen LogP contribution in [0.25, 0.3) is 0 Å². The van der Waals surface area contributed by atoms with E-state index in [1.165, 1.54) is 6.92 Å². The molecule has 0 aliphatic carbocycles. The molecule has 1 amide bonds. The van der Waals surface area contributed by atoms with Gasteiger partial charge in [-0.3, -0.25) is 4.79 Å². The Bertz CT molecular complexity index is 410. The number of benzene rings is 1. The fourth-order valence-corrected chi connectivity index (χ4v) is 1.44. The molecule has 0 radical (unpaired) electrons. The lowest BCUT2D eigenvalue weighted by Gasteiger charge is -2.15. The molecular weight excluding hydrogens is 270 g/mol. The minimum absolute atomic E-state index is 0.0840. The number of rotatable bonds is 6. The van der Waals surface area contributed by atoms with E-state index < -0.39 is 12.3 Å². The standard InChI is InChI=1S/C13H16ClNO4/c1-10(16)15-8-12(7-14)19-13(17)18-9-11-5-3-2-4-6-11/h2-6,12H,7-9H2,1H3,(H,15,16). The second-order valence-electron chi connectivity index (χ2n) is 3.86. The molecule has 0 saturated carbocycles. The highest BCUT2D eigenvalue weighted by Crippen LogP contribution is 2.03. The zero-order valence-electron chi connectivity index (χ0n) is 10.6. The van der Waals surface area contributed by atoms with Crippen molar-refractivity contribution in [1.29, 1.82) is 0 Å². The summed E-state index contributed by atoms with van der Waals surface area (Å²) in [7, 11) is 0. The molecule has 1 rings (SSSR count). The molecule has 1 aromatic rings. The predicted molar refractivity (Wildman–Crippen MR) is 70.9 cm³/mol. The van der Waals surface area contributed by atoms with Gasteiger partial charge >= 0.3 is 6.16 Å². The van der Waals surface area contributed by atoms with Gasteiger partial charge in [0.25, 0.3) is 0 Å². The molecule has 104 valence electrons. The van der Waals surface area contributed by atoms with Crippen LogP contribution in [-0.2, 0) is 20.9 Å². The van der Waals surface area contributed by atoms with Crippen molar-refractivity contribution in [3.8, 4) is 0 Å². The van der Waals surface area contributed by atoms with Crippen LogP contribution >= 0.6 is 11.6 Å². The molecule has 0 fully saturated rings. The lowest BCUT2D eigenvalue weighted by atomic mass is 10.2. The maximum Gasteiger partial charge on any atom is 0.508 e. The third-order valence-corrected chi connectivity index (χ3v) is 2.56. The lowest BCUT2D eigenvalue weighted by Crippen LogP contribution is -2.34. The molecule has 1 unspecified atom stereocenters. The molecule has 0 spiro atoms. The lowest BCUT2D eigenvalue weighted by molar-refractivity contribution is -0.119. The Morgan fingerprint density at radius 3 is 2.58 bits per heavy atom. The number of halogens is 1. The maximum atomic E-state index is 11.4. The highest BCUT2D eigenvalue weighted by atomic mass is 35.5. The van der Waals surface area contributed by atoms with Crippen LogP contribution in [0.2, 0.25) is 0 Å². The SMILES string of the molecule is CC(=O)NCC(CCl)OC(=O)OCc1ccccc1. The van der Waals surface area contributed by atoms with Crippen molar-refractivity contribution in [2.24, 2.45) is 0 Å². The second kappa shape index (κ2) is 8.37. The first-order valence-corrected chi connectivity index (χ1v) is 6.33. The molecule has 0 aliphatic heterocycles. The quantitative estimate of drug-likeness (QED) is 0.642. The number of carbonyl (C=O) groups is 2. The van der Waals surface area contributed by atoms with E-state index in [0.29, 0.717) is 0 Å². The van der Waals surface area contributed by atoms with E-state index >= 15 is 0 Å². The molecule has 6 heteroatoms. The van der Waals surface area contributed by atoms with Gasteiger partial charge in [-0.25, -0.2) is 4.79 Å². The number of hydrogen-bond acceptors (Lipinski definition) is 4. The highest BCUT2D eigenvalue weighted by molar-refractivity contribution is 6.18. The van der Waals surface area contributed by atoms with Gasteiger partial charge in [-0.15, -0.1) is 11.6 Å². The van der Waals surface area contributed by atoms with Gasteiger partial charge in [-0.1, -0.05) is 30.3 Å². The van der Waals surface area contributed by atoms with Crippen LogP contribution in [0.5, 0.6) is 0 Å². The van der Waals surface area contributed by atoms with Crippen molar-refractivity contribution in [3.63, 3.8) is 0 Å². The molecule has 5 nitrogen and oxygen atoms in total. The van der Waals surface area contributed by atoms with Crippen LogP contribution in [0.15, 0.2) is 30.3 Å². The normalized spacial score (nSPS) is 11.5. The third-order valence-electron chi connectivity index (χ3n) is 2.21. The van der Waals surface area contributed by atoms with E-state index in [1.807, 2.05) is 30.3 Å². The number of amides is 1. The summed E-state index contributed by atoms with van der Waals surface area (Å²) in [6.45, 7) is 1.67. The summed E-state index contributed by atoms with van der Waals surface area (Å²) in [6, 6.07) is 9.25. The molecule has 0 aliphatic rings. The van der Waals surface area contributed by atoms with Crippen LogP contribution in [0, 0.1) is 0 Å². The van der Waals surface area contributed by atoms with Gasteiger partial charge in [-0.05, 0) is 5.56 Å². The summed E-state index contributed by atoms with van der Waals surface area (Å²) in [6.07, 6.45) is -1.41. The van der Waals surface area contributed by atoms with Crippen molar-refractivity contribution in [2.75, 3.05) is 12.4 Å². The first kappa shape index (κ1) is 15.3. The molecule has 0 heterocycles. The van der Waals surface area contributed by atoms with Crippen molar-refractivity contribution in [2.45, 2.75) is 19.6 Å². The summed E-state index contributed by atoms with van der Waals surface area (Å²) in [5.74, 6) is -0.128. The monoisotopic (exact) mass is 285 g/mol. The van der Waals surface area contributed by atoms with Crippen LogP contribution in [0.3, 0.4) is 0 Å². The predicted octanol–water partition coefficient (Wildman–Crippen LogP) is 2.08. The Morgan fingerprint density at radius 1 is 1.32 bits per heavy atom. The van der Waals surface area contributed by atoms with E-state index in [1.54, 1.807) is 0 Å². The maximum absolute atomic E-state index is 11.4. The minimum Gasteiger partial charge on any atom is -0.429 e. The molecule has 1 atom stereocenters. The fraction of sp³-hybridized carbons (Fsp3) is 0.385. The fourth-order valence-electron chi connectivity index (χ4n) is 1.27. The molecule has 1 aromatic carbocycles. The summed E-state index contributed by atoms with van der Waals surface area (Å²) in [5, 5.41) is 2.52. The average molecular weight is 286 g/mol. The first-order chi connectivity index (χ1) is 9.11. The van der Waals surface area contributed by atoms with E-state index in [-0.39, 0.29) is 24.9 Å². The van der Waals surface area contributed by atoms with E-state index in [4.69, 9.17) is 21.1 Å². The van der Waals surface area contributed by atoms with Crippen LogP contribution < -0.4 is 5.32 Å². The smallest absolute Gasteiger partial charge is 0.429 e. The Kier molecular flexibility index (Phi) is 6.74. The van der Waals surface area contributed by atoms with Crippen LogP contribution in [-0.4, -0.2) is 30.6 Å². The Labute approximate surface area is 116 Å². The van der Waals surface area contributed by atoms with Crippen molar-refractivity contribution >= 4 is 23.7 Å². The summed E-state index contributed by atoms with van der Waals surface area (Å²) in [4.78, 5) is 22.1. The molecule has 0 saturated heterocycles. The van der Waals surface area contributed by atoms with E-state index in [2.05, 4.69) is 5.32 Å². The molecule has 0 aromatic heterocycles. The number of nitrogens with one attached hydrogen (secondary N) is 1. The molecule has 0 bridgehead atoms. The molecule has 19 heavy (non-hydrogen) atoms. The van der Waals surface area contributed by atoms with Gasteiger partial charge < -0.3 is 14.8 Å². The largest absolute Gasteiger partial charge is 0.508 e. The molecular formula is C13H16ClNO4. The zero-order chi connectivity index (χ0) is 14.1. The number of alkyl halides is 1. The van der Waals surface area contributed by atoms with E-state index in [0.717, 1.165) is 5.56 Å². The number of ether oxygens (including phenoxy) is 2. The third kappa shape index (κ3) is 6.67. The first-order valence-electron chi connectivity index (χ1n) is 5.79. The van der Waals surface area contributed by atoms with E-state index in [9.17, 15) is 9.59 Å². The topological polar surface area (TPSA) is 64.6 Å². The number of carbonyl (C=O) groups excluding carboxylic acids is 2.